The number of benzene rings is 1. The number of aliphatic carboxylic acids is 1. The topological polar surface area (TPSA) is 71.4 Å². The maximum Gasteiger partial charge on any atom is 0.306 e. The molecular formula is C13H14O4S. The van der Waals surface area contributed by atoms with Crippen LogP contribution in [0.1, 0.15) is 25.0 Å². The Morgan fingerprint density at radius 2 is 2.06 bits per heavy atom. The number of sulfone groups is 1. The van der Waals surface area contributed by atoms with E-state index in [1.807, 2.05) is 0 Å². The highest BCUT2D eigenvalue weighted by Crippen LogP contribution is 2.35. The number of carboxylic acids is 1. The summed E-state index contributed by atoms with van der Waals surface area (Å²) in [5.74, 6) is -1.53. The second-order valence-corrected chi connectivity index (χ2v) is 6.60. The molecule has 96 valence electrons. The summed E-state index contributed by atoms with van der Waals surface area (Å²) in [6.45, 7) is 3.13. The predicted molar refractivity (Wildman–Crippen MR) is 67.8 cm³/mol. The molecule has 0 amide bonds. The quantitative estimate of drug-likeness (QED) is 0.909. The van der Waals surface area contributed by atoms with Crippen LogP contribution in [0.25, 0.3) is 6.08 Å². The molecule has 1 atom stereocenters. The number of allylic oxidation sites excluding steroid dienone is 1. The smallest absolute Gasteiger partial charge is 0.306 e. The van der Waals surface area contributed by atoms with E-state index in [4.69, 9.17) is 5.11 Å². The minimum Gasteiger partial charge on any atom is -0.481 e. The second kappa shape index (κ2) is 4.24. The van der Waals surface area contributed by atoms with Crippen molar-refractivity contribution >= 4 is 21.9 Å². The number of hydrogen-bond acceptors (Lipinski definition) is 3. The zero-order chi connectivity index (χ0) is 13.5. The Kier molecular flexibility index (Phi) is 3.02. The molecule has 0 spiro atoms. The fraction of sp³-hybridized carbons (Fsp3) is 0.308. The summed E-state index contributed by atoms with van der Waals surface area (Å²) in [6.07, 6.45) is 1.85. The van der Waals surface area contributed by atoms with Gasteiger partial charge in [-0.15, -0.1) is 0 Å². The van der Waals surface area contributed by atoms with Gasteiger partial charge in [0.25, 0.3) is 0 Å². The molecule has 0 saturated heterocycles. The molecule has 1 aromatic carbocycles. The first-order chi connectivity index (χ1) is 8.34. The van der Waals surface area contributed by atoms with Gasteiger partial charge < -0.3 is 5.11 Å². The van der Waals surface area contributed by atoms with Crippen LogP contribution in [0.2, 0.25) is 0 Å². The van der Waals surface area contributed by atoms with E-state index >= 15 is 0 Å². The lowest BCUT2D eigenvalue weighted by molar-refractivity contribution is -0.141. The summed E-state index contributed by atoms with van der Waals surface area (Å²) in [6, 6.07) is 5.17. The molecule has 0 aliphatic carbocycles. The molecule has 18 heavy (non-hydrogen) atoms. The first-order valence-electron chi connectivity index (χ1n) is 5.62. The number of hydrogen-bond donors (Lipinski definition) is 1. The summed E-state index contributed by atoms with van der Waals surface area (Å²) < 4.78 is 24.3. The summed E-state index contributed by atoms with van der Waals surface area (Å²) in [4.78, 5) is 11.5. The van der Waals surface area contributed by atoms with E-state index in [1.165, 1.54) is 0 Å². The largest absolute Gasteiger partial charge is 0.481 e. The molecule has 0 saturated carbocycles. The molecule has 1 unspecified atom stereocenters. The highest BCUT2D eigenvalue weighted by atomic mass is 32.2. The average Bonchev–Trinajstić information content (AvgIpc) is 2.50. The van der Waals surface area contributed by atoms with Crippen molar-refractivity contribution in [3.8, 4) is 0 Å². The van der Waals surface area contributed by atoms with Gasteiger partial charge in [-0.3, -0.25) is 4.79 Å². The number of carbonyl (C=O) groups is 1. The van der Waals surface area contributed by atoms with Crippen molar-refractivity contribution in [2.45, 2.75) is 25.2 Å². The second-order valence-electron chi connectivity index (χ2n) is 4.54. The Bertz CT molecular complexity index is 641. The van der Waals surface area contributed by atoms with Gasteiger partial charge in [-0.05, 0) is 30.5 Å². The van der Waals surface area contributed by atoms with E-state index in [9.17, 15) is 13.2 Å². The lowest BCUT2D eigenvalue weighted by Crippen LogP contribution is -2.14. The van der Waals surface area contributed by atoms with Crippen molar-refractivity contribution in [3.63, 3.8) is 0 Å². The van der Waals surface area contributed by atoms with Gasteiger partial charge in [0.15, 0.2) is 0 Å². The van der Waals surface area contributed by atoms with Crippen molar-refractivity contribution in [2.75, 3.05) is 0 Å². The maximum absolute atomic E-state index is 12.1. The van der Waals surface area contributed by atoms with E-state index in [2.05, 4.69) is 0 Å². The van der Waals surface area contributed by atoms with Crippen LogP contribution in [0.15, 0.2) is 28.0 Å². The van der Waals surface area contributed by atoms with Gasteiger partial charge in [0.05, 0.1) is 10.8 Å². The van der Waals surface area contributed by atoms with Crippen molar-refractivity contribution in [2.24, 2.45) is 5.92 Å². The Labute approximate surface area is 106 Å². The first kappa shape index (κ1) is 12.8. The van der Waals surface area contributed by atoms with Crippen LogP contribution in [-0.2, 0) is 21.1 Å². The Hall–Kier alpha value is -1.62. The van der Waals surface area contributed by atoms with E-state index in [0.29, 0.717) is 16.0 Å². The van der Waals surface area contributed by atoms with Crippen molar-refractivity contribution in [1.29, 1.82) is 0 Å². The normalized spacial score (nSPS) is 18.0. The molecule has 4 nitrogen and oxygen atoms in total. The maximum atomic E-state index is 12.1. The third-order valence-electron chi connectivity index (χ3n) is 3.13. The van der Waals surface area contributed by atoms with E-state index in [1.54, 1.807) is 38.1 Å². The molecule has 5 heteroatoms. The van der Waals surface area contributed by atoms with Crippen molar-refractivity contribution < 1.29 is 18.3 Å². The molecule has 0 aromatic heterocycles. The molecule has 0 fully saturated rings. The Morgan fingerprint density at radius 3 is 2.67 bits per heavy atom. The monoisotopic (exact) mass is 266 g/mol. The van der Waals surface area contributed by atoms with E-state index < -0.39 is 21.7 Å². The van der Waals surface area contributed by atoms with Crippen LogP contribution >= 0.6 is 0 Å². The van der Waals surface area contributed by atoms with E-state index in [-0.39, 0.29) is 11.3 Å². The SMILES string of the molecule is CC1=Cc2cccc(CC(C)C(=O)O)c2S1(=O)=O. The highest BCUT2D eigenvalue weighted by molar-refractivity contribution is 7.95. The minimum absolute atomic E-state index is 0.221. The summed E-state index contributed by atoms with van der Waals surface area (Å²) in [5, 5.41) is 8.91. The number of rotatable bonds is 3. The van der Waals surface area contributed by atoms with Gasteiger partial charge in [0, 0.05) is 4.91 Å². The Morgan fingerprint density at radius 1 is 1.39 bits per heavy atom. The van der Waals surface area contributed by atoms with Crippen molar-refractivity contribution in [3.05, 3.63) is 34.2 Å². The van der Waals surface area contributed by atoms with Crippen molar-refractivity contribution in [1.82, 2.24) is 0 Å². The van der Waals surface area contributed by atoms with Crippen LogP contribution in [0.4, 0.5) is 0 Å². The first-order valence-corrected chi connectivity index (χ1v) is 7.10. The van der Waals surface area contributed by atoms with Gasteiger partial charge in [0.2, 0.25) is 9.84 Å². The molecule has 0 bridgehead atoms. The molecule has 1 aromatic rings. The zero-order valence-electron chi connectivity index (χ0n) is 10.2. The van der Waals surface area contributed by atoms with Crippen LogP contribution < -0.4 is 0 Å². The Balaban J connectivity index is 2.51. The van der Waals surface area contributed by atoms with Gasteiger partial charge in [-0.25, -0.2) is 8.42 Å². The van der Waals surface area contributed by atoms with E-state index in [0.717, 1.165) is 0 Å². The summed E-state index contributed by atoms with van der Waals surface area (Å²) in [5.41, 5.74) is 1.23. The fourth-order valence-electron chi connectivity index (χ4n) is 2.08. The van der Waals surface area contributed by atoms with Crippen LogP contribution in [0.3, 0.4) is 0 Å². The third-order valence-corrected chi connectivity index (χ3v) is 5.13. The van der Waals surface area contributed by atoms with Crippen LogP contribution in [0.5, 0.6) is 0 Å². The zero-order valence-corrected chi connectivity index (χ0v) is 11.0. The number of carboxylic acid groups (broad SMARTS) is 1. The predicted octanol–water partition coefficient (Wildman–Crippen LogP) is 2.10. The van der Waals surface area contributed by atoms with Crippen LogP contribution in [0, 0.1) is 5.92 Å². The summed E-state index contributed by atoms with van der Waals surface area (Å²) >= 11 is 0. The van der Waals surface area contributed by atoms with Gasteiger partial charge in [-0.1, -0.05) is 25.1 Å². The summed E-state index contributed by atoms with van der Waals surface area (Å²) in [7, 11) is -3.42. The molecule has 2 rings (SSSR count). The molecule has 1 aliphatic heterocycles. The molecule has 1 aliphatic rings. The molecule has 1 heterocycles. The van der Waals surface area contributed by atoms with Crippen LogP contribution in [-0.4, -0.2) is 19.5 Å². The van der Waals surface area contributed by atoms with Gasteiger partial charge in [-0.2, -0.15) is 0 Å². The van der Waals surface area contributed by atoms with Gasteiger partial charge >= 0.3 is 5.97 Å². The standard InChI is InChI=1S/C13H14O4S/c1-8(13(14)15)6-10-4-3-5-11-7-9(2)18(16,17)12(10)11/h3-5,7-8H,6H2,1-2H3,(H,14,15). The lowest BCUT2D eigenvalue weighted by atomic mass is 9.99. The van der Waals surface area contributed by atoms with Gasteiger partial charge in [0.1, 0.15) is 0 Å². The lowest BCUT2D eigenvalue weighted by Gasteiger charge is -2.11. The highest BCUT2D eigenvalue weighted by Gasteiger charge is 2.30. The number of fused-ring (bicyclic) bond motifs is 1. The fourth-order valence-corrected chi connectivity index (χ4v) is 3.62. The molecular weight excluding hydrogens is 252 g/mol. The molecule has 0 radical (unpaired) electrons. The average molecular weight is 266 g/mol. The minimum atomic E-state index is -3.42. The molecule has 1 N–H and O–H groups in total. The third kappa shape index (κ3) is 1.95.